The van der Waals surface area contributed by atoms with E-state index in [1.807, 2.05) is 19.9 Å². The van der Waals surface area contributed by atoms with Gasteiger partial charge in [-0.25, -0.2) is 19.2 Å². The minimum Gasteiger partial charge on any atom is -0.508 e. The number of ether oxygens (including phenoxy) is 2. The maximum Gasteiger partial charge on any atom is 0.419 e. The number of anilines is 2. The molecule has 2 aromatic heterocycles. The van der Waals surface area contributed by atoms with E-state index in [9.17, 15) is 24.3 Å². The molecule has 236 valence electrons. The summed E-state index contributed by atoms with van der Waals surface area (Å²) in [6, 6.07) is 11.4. The van der Waals surface area contributed by atoms with Crippen molar-refractivity contribution in [2.24, 2.45) is 0 Å². The van der Waals surface area contributed by atoms with Gasteiger partial charge in [-0.3, -0.25) is 14.4 Å². The highest BCUT2D eigenvalue weighted by Crippen LogP contribution is 2.28. The fourth-order valence-corrected chi connectivity index (χ4v) is 4.53. The van der Waals surface area contributed by atoms with Gasteiger partial charge in [-0.05, 0) is 67.6 Å². The van der Waals surface area contributed by atoms with Crippen molar-refractivity contribution >= 4 is 40.9 Å². The molecule has 0 aliphatic carbocycles. The molecule has 0 radical (unpaired) electrons. The van der Waals surface area contributed by atoms with Gasteiger partial charge in [0.15, 0.2) is 5.82 Å². The van der Waals surface area contributed by atoms with Crippen LogP contribution >= 0.6 is 0 Å². The van der Waals surface area contributed by atoms with Gasteiger partial charge in [-0.1, -0.05) is 32.0 Å². The zero-order chi connectivity index (χ0) is 32.5. The molecule has 13 heteroatoms. The first-order valence-corrected chi connectivity index (χ1v) is 14.5. The van der Waals surface area contributed by atoms with E-state index < -0.39 is 24.8 Å². The second-order valence-corrected chi connectivity index (χ2v) is 10.3. The summed E-state index contributed by atoms with van der Waals surface area (Å²) in [5.41, 5.74) is 3.87. The molecule has 3 N–H and O–H groups in total. The molecule has 2 aromatic carbocycles. The van der Waals surface area contributed by atoms with Crippen molar-refractivity contribution < 1.29 is 33.8 Å². The number of benzene rings is 2. The Bertz CT molecular complexity index is 1700. The molecule has 3 amide bonds. The van der Waals surface area contributed by atoms with Crippen molar-refractivity contribution in [3.63, 3.8) is 0 Å². The van der Waals surface area contributed by atoms with E-state index in [1.54, 1.807) is 38.1 Å². The average Bonchev–Trinajstić information content (AvgIpc) is 3.37. The minimum atomic E-state index is -0.966. The molecule has 13 nitrogen and oxygen atoms in total. The van der Waals surface area contributed by atoms with Gasteiger partial charge in [0.05, 0.1) is 12.0 Å². The van der Waals surface area contributed by atoms with Crippen LogP contribution in [0.15, 0.2) is 55.0 Å². The summed E-state index contributed by atoms with van der Waals surface area (Å²) >= 11 is 0. The number of esters is 1. The van der Waals surface area contributed by atoms with Gasteiger partial charge in [0.2, 0.25) is 6.79 Å². The van der Waals surface area contributed by atoms with Crippen LogP contribution in [0.5, 0.6) is 5.75 Å². The Labute approximate surface area is 260 Å². The third kappa shape index (κ3) is 7.93. The Morgan fingerprint density at radius 2 is 1.76 bits per heavy atom. The van der Waals surface area contributed by atoms with Crippen molar-refractivity contribution in [3.8, 4) is 5.75 Å². The van der Waals surface area contributed by atoms with Gasteiger partial charge in [-0.15, -0.1) is 0 Å². The smallest absolute Gasteiger partial charge is 0.419 e. The number of hydrogen-bond acceptors (Lipinski definition) is 10. The molecule has 4 aromatic rings. The largest absolute Gasteiger partial charge is 0.508 e. The number of carbonyl (C=O) groups excluding carboxylic acids is 4. The number of aromatic hydroxyl groups is 1. The van der Waals surface area contributed by atoms with E-state index in [2.05, 4.69) is 20.7 Å². The van der Waals surface area contributed by atoms with Gasteiger partial charge < -0.3 is 25.2 Å². The van der Waals surface area contributed by atoms with Crippen LogP contribution in [0.2, 0.25) is 0 Å². The van der Waals surface area contributed by atoms with Crippen molar-refractivity contribution in [1.82, 2.24) is 24.8 Å². The fourth-order valence-electron chi connectivity index (χ4n) is 4.53. The van der Waals surface area contributed by atoms with Gasteiger partial charge >= 0.3 is 12.1 Å². The number of imide groups is 1. The minimum absolute atomic E-state index is 0.0631. The number of phenolic OH excluding ortho intramolecular Hbond substituents is 1. The molecule has 0 spiro atoms. The molecule has 2 heterocycles. The summed E-state index contributed by atoms with van der Waals surface area (Å²) in [6.45, 7) is 7.36. The highest BCUT2D eigenvalue weighted by molar-refractivity contribution is 6.05. The molecule has 0 fully saturated rings. The lowest BCUT2D eigenvalue weighted by atomic mass is 10.1. The van der Waals surface area contributed by atoms with Crippen LogP contribution in [0.4, 0.5) is 16.3 Å². The van der Waals surface area contributed by atoms with Gasteiger partial charge in [0.1, 0.15) is 17.6 Å². The van der Waals surface area contributed by atoms with E-state index in [0.29, 0.717) is 46.7 Å². The van der Waals surface area contributed by atoms with E-state index in [4.69, 9.17) is 9.47 Å². The van der Waals surface area contributed by atoms with Crippen LogP contribution in [0.25, 0.3) is 5.52 Å². The number of aromatic nitrogens is 3. The molecular formula is C32H36N6O7. The van der Waals surface area contributed by atoms with E-state index >= 15 is 0 Å². The van der Waals surface area contributed by atoms with Gasteiger partial charge in [0.25, 0.3) is 11.8 Å². The third-order valence-electron chi connectivity index (χ3n) is 6.95. The Balaban J connectivity index is 1.49. The number of fused-ring (bicyclic) bond motifs is 1. The summed E-state index contributed by atoms with van der Waals surface area (Å²) in [6.07, 6.45) is 3.07. The van der Waals surface area contributed by atoms with Crippen molar-refractivity contribution in [2.45, 2.75) is 47.0 Å². The first-order chi connectivity index (χ1) is 21.6. The zero-order valence-corrected chi connectivity index (χ0v) is 25.6. The lowest BCUT2D eigenvalue weighted by Crippen LogP contribution is -2.38. The molecule has 0 saturated heterocycles. The summed E-state index contributed by atoms with van der Waals surface area (Å²) in [5.74, 6) is -0.967. The molecule has 45 heavy (non-hydrogen) atoms. The highest BCUT2D eigenvalue weighted by atomic mass is 16.7. The maximum absolute atomic E-state index is 13.6. The van der Waals surface area contributed by atoms with Crippen molar-refractivity contribution in [3.05, 3.63) is 82.8 Å². The quantitative estimate of drug-likeness (QED) is 0.151. The van der Waals surface area contributed by atoms with Crippen LogP contribution in [0.3, 0.4) is 0 Å². The molecule has 0 unspecified atom stereocenters. The van der Waals surface area contributed by atoms with Crippen LogP contribution in [0, 0.1) is 13.8 Å². The Morgan fingerprint density at radius 3 is 2.47 bits per heavy atom. The molecule has 0 bridgehead atoms. The number of amides is 3. The standard InChI is InChI=1S/C32H36N6O7/c1-5-13-33-30(41)23-10-7-20(3)26(16-23)36-29-28-21(4)25(17-38(28)35-18-34-29)31(42)37(14-6-2)32(43)45-19-44-27(40)15-22-8-11-24(39)12-9-22/h7-12,16-18,39H,5-6,13-15,19H2,1-4H3,(H,33,41)(H,34,35,36). The molecule has 0 atom stereocenters. The molecule has 0 aliphatic rings. The fraction of sp³-hybridized carbons (Fsp3) is 0.312. The Morgan fingerprint density at radius 1 is 1.00 bits per heavy atom. The SMILES string of the molecule is CCCNC(=O)c1ccc(C)c(Nc2ncnn3cc(C(=O)N(CCC)C(=O)OCOC(=O)Cc4ccc(O)cc4)c(C)c23)c1. The summed E-state index contributed by atoms with van der Waals surface area (Å²) in [7, 11) is 0. The monoisotopic (exact) mass is 616 g/mol. The van der Waals surface area contributed by atoms with Crippen molar-refractivity contribution in [2.75, 3.05) is 25.2 Å². The predicted octanol–water partition coefficient (Wildman–Crippen LogP) is 4.67. The van der Waals surface area contributed by atoms with Crippen LogP contribution < -0.4 is 10.6 Å². The number of nitrogens with zero attached hydrogens (tertiary/aromatic N) is 4. The van der Waals surface area contributed by atoms with Gasteiger partial charge in [-0.2, -0.15) is 5.10 Å². The Hall–Kier alpha value is -5.46. The second kappa shape index (κ2) is 14.8. The number of aryl methyl sites for hydroxylation is 2. The topological polar surface area (TPSA) is 164 Å². The Kier molecular flexibility index (Phi) is 10.7. The first-order valence-electron chi connectivity index (χ1n) is 14.5. The number of hydrogen-bond donors (Lipinski definition) is 3. The number of nitrogens with one attached hydrogen (secondary N) is 2. The molecule has 0 saturated carbocycles. The van der Waals surface area contributed by atoms with Crippen LogP contribution in [-0.4, -0.2) is 68.4 Å². The van der Waals surface area contributed by atoms with E-state index in [0.717, 1.165) is 16.9 Å². The van der Waals surface area contributed by atoms with Crippen LogP contribution in [-0.2, 0) is 20.7 Å². The summed E-state index contributed by atoms with van der Waals surface area (Å²) < 4.78 is 11.6. The van der Waals surface area contributed by atoms with Crippen molar-refractivity contribution in [1.29, 1.82) is 0 Å². The second-order valence-electron chi connectivity index (χ2n) is 10.3. The average molecular weight is 617 g/mol. The zero-order valence-electron chi connectivity index (χ0n) is 25.6. The number of carbonyl (C=O) groups is 4. The summed E-state index contributed by atoms with van der Waals surface area (Å²) in [4.78, 5) is 56.6. The number of rotatable bonds is 12. The predicted molar refractivity (Wildman–Crippen MR) is 165 cm³/mol. The van der Waals surface area contributed by atoms with E-state index in [1.165, 1.54) is 29.2 Å². The molecule has 0 aliphatic heterocycles. The maximum atomic E-state index is 13.6. The number of phenols is 1. The lowest BCUT2D eigenvalue weighted by molar-refractivity contribution is -0.151. The first kappa shape index (κ1) is 32.5. The molecular weight excluding hydrogens is 580 g/mol. The normalized spacial score (nSPS) is 10.8. The highest BCUT2D eigenvalue weighted by Gasteiger charge is 2.28. The molecule has 4 rings (SSSR count). The van der Waals surface area contributed by atoms with Crippen LogP contribution in [0.1, 0.15) is 64.1 Å². The summed E-state index contributed by atoms with van der Waals surface area (Å²) in [5, 5.41) is 19.8. The lowest BCUT2D eigenvalue weighted by Gasteiger charge is -2.19. The van der Waals surface area contributed by atoms with Gasteiger partial charge in [0, 0.05) is 30.5 Å². The van der Waals surface area contributed by atoms with E-state index in [-0.39, 0.29) is 30.2 Å². The third-order valence-corrected chi connectivity index (χ3v) is 6.95.